The maximum atomic E-state index is 12.0. The number of hydrogen-bond donors (Lipinski definition) is 1. The van der Waals surface area contributed by atoms with Crippen LogP contribution in [0.5, 0.6) is 0 Å². The second kappa shape index (κ2) is 8.93. The van der Waals surface area contributed by atoms with Gasteiger partial charge < -0.3 is 10.2 Å². The first-order valence-electron chi connectivity index (χ1n) is 7.21. The van der Waals surface area contributed by atoms with Crippen molar-refractivity contribution in [1.82, 2.24) is 15.2 Å². The highest BCUT2D eigenvalue weighted by atomic mass is 35.5. The number of aromatic nitrogens is 1. The van der Waals surface area contributed by atoms with Crippen LogP contribution >= 0.6 is 11.6 Å². The van der Waals surface area contributed by atoms with Crippen molar-refractivity contribution in [2.24, 2.45) is 0 Å². The lowest BCUT2D eigenvalue weighted by Crippen LogP contribution is -2.33. The number of carbonyl (C=O) groups excluding carboxylic acids is 1. The molecule has 20 heavy (non-hydrogen) atoms. The molecule has 1 aromatic heterocycles. The molecule has 4 nitrogen and oxygen atoms in total. The maximum Gasteiger partial charge on any atom is 0.254 e. The van der Waals surface area contributed by atoms with E-state index in [1.165, 1.54) is 6.20 Å². The molecular formula is C15H24ClN3O. The number of carbonyl (C=O) groups is 1. The summed E-state index contributed by atoms with van der Waals surface area (Å²) in [5.41, 5.74) is 0.435. The second-order valence-corrected chi connectivity index (χ2v) is 5.31. The van der Waals surface area contributed by atoms with Crippen LogP contribution in [0, 0.1) is 0 Å². The highest BCUT2D eigenvalue weighted by molar-refractivity contribution is 6.33. The van der Waals surface area contributed by atoms with Gasteiger partial charge in [0.2, 0.25) is 0 Å². The largest absolute Gasteiger partial charge is 0.349 e. The van der Waals surface area contributed by atoms with Gasteiger partial charge in [-0.1, -0.05) is 25.4 Å². The van der Waals surface area contributed by atoms with Crippen molar-refractivity contribution in [1.29, 1.82) is 0 Å². The zero-order valence-corrected chi connectivity index (χ0v) is 13.3. The summed E-state index contributed by atoms with van der Waals surface area (Å²) in [6.07, 6.45) is 5.11. The molecule has 0 radical (unpaired) electrons. The molecule has 1 aromatic rings. The summed E-state index contributed by atoms with van der Waals surface area (Å²) in [4.78, 5) is 18.4. The molecule has 1 unspecified atom stereocenters. The van der Waals surface area contributed by atoms with Crippen molar-refractivity contribution in [3.05, 3.63) is 29.0 Å². The summed E-state index contributed by atoms with van der Waals surface area (Å²) in [5.74, 6) is -0.154. The molecule has 0 bridgehead atoms. The van der Waals surface area contributed by atoms with Crippen LogP contribution in [0.2, 0.25) is 5.02 Å². The highest BCUT2D eigenvalue weighted by Gasteiger charge is 2.13. The lowest BCUT2D eigenvalue weighted by Gasteiger charge is -2.19. The van der Waals surface area contributed by atoms with Gasteiger partial charge in [-0.2, -0.15) is 0 Å². The van der Waals surface area contributed by atoms with Crippen molar-refractivity contribution < 1.29 is 4.79 Å². The van der Waals surface area contributed by atoms with Gasteiger partial charge in [0.25, 0.3) is 5.91 Å². The highest BCUT2D eigenvalue weighted by Crippen LogP contribution is 2.13. The normalized spacial score (nSPS) is 12.4. The van der Waals surface area contributed by atoms with Crippen molar-refractivity contribution in [3.8, 4) is 0 Å². The van der Waals surface area contributed by atoms with E-state index in [0.29, 0.717) is 10.6 Å². The van der Waals surface area contributed by atoms with Crippen LogP contribution in [0.3, 0.4) is 0 Å². The van der Waals surface area contributed by atoms with Gasteiger partial charge in [0, 0.05) is 18.4 Å². The van der Waals surface area contributed by atoms with Gasteiger partial charge in [0.15, 0.2) is 0 Å². The first kappa shape index (κ1) is 16.9. The van der Waals surface area contributed by atoms with E-state index in [9.17, 15) is 4.79 Å². The number of halogens is 1. The summed E-state index contributed by atoms with van der Waals surface area (Å²) < 4.78 is 0. The van der Waals surface area contributed by atoms with Crippen LogP contribution in [0.25, 0.3) is 0 Å². The van der Waals surface area contributed by atoms with Crippen molar-refractivity contribution in [2.45, 2.75) is 39.7 Å². The summed E-state index contributed by atoms with van der Waals surface area (Å²) in [6, 6.07) is 1.76. The number of hydrogen-bond acceptors (Lipinski definition) is 3. The molecule has 0 aliphatic rings. The molecular weight excluding hydrogens is 274 g/mol. The van der Waals surface area contributed by atoms with Gasteiger partial charge in [-0.3, -0.25) is 9.78 Å². The standard InChI is InChI=1S/C15H24ClN3O/c1-4-19(5-2)10-6-7-12(3)18-15(20)13-11-17-9-8-14(13)16/h8-9,11-12H,4-7,10H2,1-3H3,(H,18,20). The van der Waals surface area contributed by atoms with E-state index in [-0.39, 0.29) is 11.9 Å². The molecule has 0 aliphatic heterocycles. The predicted octanol–water partition coefficient (Wildman–Crippen LogP) is 2.98. The Morgan fingerprint density at radius 3 is 2.75 bits per heavy atom. The quantitative estimate of drug-likeness (QED) is 0.802. The first-order valence-corrected chi connectivity index (χ1v) is 7.59. The Balaban J connectivity index is 2.37. The first-order chi connectivity index (χ1) is 9.58. The number of nitrogens with zero attached hydrogens (tertiary/aromatic N) is 2. The van der Waals surface area contributed by atoms with Crippen LogP contribution in [0.4, 0.5) is 0 Å². The molecule has 1 N–H and O–H groups in total. The fourth-order valence-corrected chi connectivity index (χ4v) is 2.27. The Hall–Kier alpha value is -1.13. The third-order valence-corrected chi connectivity index (χ3v) is 3.73. The van der Waals surface area contributed by atoms with Gasteiger partial charge in [0.05, 0.1) is 10.6 Å². The minimum Gasteiger partial charge on any atom is -0.349 e. The summed E-state index contributed by atoms with van der Waals surface area (Å²) in [6.45, 7) is 9.56. The zero-order chi connectivity index (χ0) is 15.0. The monoisotopic (exact) mass is 297 g/mol. The van der Waals surface area contributed by atoms with E-state index in [0.717, 1.165) is 32.5 Å². The van der Waals surface area contributed by atoms with Crippen LogP contribution in [-0.4, -0.2) is 41.5 Å². The van der Waals surface area contributed by atoms with Gasteiger partial charge in [0.1, 0.15) is 0 Å². The molecule has 0 aromatic carbocycles. The van der Waals surface area contributed by atoms with E-state index in [2.05, 4.69) is 29.0 Å². The van der Waals surface area contributed by atoms with E-state index in [1.807, 2.05) is 6.92 Å². The predicted molar refractivity (Wildman–Crippen MR) is 83.2 cm³/mol. The topological polar surface area (TPSA) is 45.2 Å². The van der Waals surface area contributed by atoms with Crippen LogP contribution < -0.4 is 5.32 Å². The van der Waals surface area contributed by atoms with Crippen LogP contribution in [0.1, 0.15) is 44.0 Å². The lowest BCUT2D eigenvalue weighted by atomic mass is 10.1. The SMILES string of the molecule is CCN(CC)CCCC(C)NC(=O)c1cnccc1Cl. The molecule has 0 aliphatic carbocycles. The Morgan fingerprint density at radius 1 is 1.45 bits per heavy atom. The van der Waals surface area contributed by atoms with Crippen LogP contribution in [-0.2, 0) is 0 Å². The third kappa shape index (κ3) is 5.47. The number of nitrogens with one attached hydrogen (secondary N) is 1. The molecule has 1 atom stereocenters. The summed E-state index contributed by atoms with van der Waals surface area (Å²) in [5, 5.41) is 3.40. The minimum atomic E-state index is -0.154. The van der Waals surface area contributed by atoms with Gasteiger partial charge in [-0.25, -0.2) is 0 Å². The molecule has 1 amide bonds. The van der Waals surface area contributed by atoms with E-state index >= 15 is 0 Å². The Morgan fingerprint density at radius 2 is 2.15 bits per heavy atom. The number of amides is 1. The van der Waals surface area contributed by atoms with Crippen molar-refractivity contribution in [2.75, 3.05) is 19.6 Å². The molecule has 5 heteroatoms. The number of pyridine rings is 1. The molecule has 1 heterocycles. The Kier molecular flexibility index (Phi) is 7.55. The molecule has 112 valence electrons. The number of rotatable bonds is 8. The van der Waals surface area contributed by atoms with E-state index in [1.54, 1.807) is 12.3 Å². The Labute approximate surface area is 126 Å². The van der Waals surface area contributed by atoms with Crippen molar-refractivity contribution >= 4 is 17.5 Å². The molecule has 0 fully saturated rings. The van der Waals surface area contributed by atoms with Gasteiger partial charge >= 0.3 is 0 Å². The molecule has 0 spiro atoms. The smallest absolute Gasteiger partial charge is 0.254 e. The lowest BCUT2D eigenvalue weighted by molar-refractivity contribution is 0.0937. The maximum absolute atomic E-state index is 12.0. The van der Waals surface area contributed by atoms with Gasteiger partial charge in [-0.15, -0.1) is 0 Å². The molecule has 0 saturated heterocycles. The third-order valence-electron chi connectivity index (χ3n) is 3.40. The van der Waals surface area contributed by atoms with E-state index in [4.69, 9.17) is 11.6 Å². The van der Waals surface area contributed by atoms with Crippen molar-refractivity contribution in [3.63, 3.8) is 0 Å². The second-order valence-electron chi connectivity index (χ2n) is 4.90. The average Bonchev–Trinajstić information content (AvgIpc) is 2.44. The zero-order valence-electron chi connectivity index (χ0n) is 12.5. The average molecular weight is 298 g/mol. The fourth-order valence-electron chi connectivity index (χ4n) is 2.08. The van der Waals surface area contributed by atoms with Gasteiger partial charge in [-0.05, 0) is 45.5 Å². The minimum absolute atomic E-state index is 0.134. The summed E-state index contributed by atoms with van der Waals surface area (Å²) in [7, 11) is 0. The molecule has 0 saturated carbocycles. The molecule has 1 rings (SSSR count). The summed E-state index contributed by atoms with van der Waals surface area (Å²) >= 11 is 5.98. The van der Waals surface area contributed by atoms with Crippen LogP contribution in [0.15, 0.2) is 18.5 Å². The fraction of sp³-hybridized carbons (Fsp3) is 0.600. The van der Waals surface area contributed by atoms with E-state index < -0.39 is 0 Å². The Bertz CT molecular complexity index is 421.